The second-order valence-corrected chi connectivity index (χ2v) is 6.73. The van der Waals surface area contributed by atoms with E-state index in [9.17, 15) is 9.59 Å². The van der Waals surface area contributed by atoms with E-state index >= 15 is 0 Å². The number of ketones is 1. The number of hydrogen-bond donors (Lipinski definition) is 1. The quantitative estimate of drug-likeness (QED) is 0.442. The summed E-state index contributed by atoms with van der Waals surface area (Å²) in [6.07, 6.45) is 7.70. The zero-order valence-electron chi connectivity index (χ0n) is 14.9. The van der Waals surface area contributed by atoms with E-state index < -0.39 is 0 Å². The molecule has 4 heteroatoms. The van der Waals surface area contributed by atoms with Gasteiger partial charge in [-0.2, -0.15) is 0 Å². The summed E-state index contributed by atoms with van der Waals surface area (Å²) >= 11 is 0. The molecule has 4 nitrogen and oxygen atoms in total. The molecule has 24 heavy (non-hydrogen) atoms. The lowest BCUT2D eigenvalue weighted by molar-refractivity contribution is -0.131. The van der Waals surface area contributed by atoms with Gasteiger partial charge in [-0.15, -0.1) is 0 Å². The molecule has 0 heterocycles. The van der Waals surface area contributed by atoms with E-state index in [1.807, 2.05) is 12.1 Å². The van der Waals surface area contributed by atoms with Crippen molar-refractivity contribution < 1.29 is 14.3 Å². The second kappa shape index (κ2) is 8.97. The fourth-order valence-electron chi connectivity index (χ4n) is 3.43. The summed E-state index contributed by atoms with van der Waals surface area (Å²) in [5, 5.41) is 3.72. The highest BCUT2D eigenvalue weighted by Gasteiger charge is 2.36. The van der Waals surface area contributed by atoms with Crippen LogP contribution in [0.15, 0.2) is 24.3 Å². The molecular weight excluding hydrogens is 302 g/mol. The van der Waals surface area contributed by atoms with Crippen molar-refractivity contribution in [2.45, 2.75) is 70.8 Å². The molecule has 0 bridgehead atoms. The van der Waals surface area contributed by atoms with E-state index in [0.717, 1.165) is 31.4 Å². The van der Waals surface area contributed by atoms with E-state index in [0.29, 0.717) is 24.4 Å². The number of ether oxygens (including phenoxy) is 1. The van der Waals surface area contributed by atoms with Crippen LogP contribution in [0.5, 0.6) is 5.75 Å². The van der Waals surface area contributed by atoms with Crippen molar-refractivity contribution in [3.05, 3.63) is 29.8 Å². The van der Waals surface area contributed by atoms with Gasteiger partial charge in [0.1, 0.15) is 11.5 Å². The number of hydrogen-bond acceptors (Lipinski definition) is 4. The summed E-state index contributed by atoms with van der Waals surface area (Å²) in [5.74, 6) is 0.603. The summed E-state index contributed by atoms with van der Waals surface area (Å²) in [6, 6.07) is 7.73. The lowest BCUT2D eigenvalue weighted by atomic mass is 9.76. The van der Waals surface area contributed by atoms with Crippen LogP contribution in [0.3, 0.4) is 0 Å². The molecule has 1 aromatic rings. The van der Waals surface area contributed by atoms with Crippen LogP contribution in [0.4, 0.5) is 0 Å². The van der Waals surface area contributed by atoms with Gasteiger partial charge in [0.2, 0.25) is 0 Å². The molecule has 0 saturated heterocycles. The van der Waals surface area contributed by atoms with Crippen LogP contribution in [0.2, 0.25) is 0 Å². The number of carbonyl (C=O) groups is 2. The minimum absolute atomic E-state index is 0.184. The van der Waals surface area contributed by atoms with E-state index in [1.165, 1.54) is 26.2 Å². The molecular formula is C20H29NO3. The lowest BCUT2D eigenvalue weighted by Crippen LogP contribution is -2.45. The van der Waals surface area contributed by atoms with Crippen molar-refractivity contribution in [3.8, 4) is 5.75 Å². The van der Waals surface area contributed by atoms with Gasteiger partial charge in [-0.05, 0) is 43.5 Å². The van der Waals surface area contributed by atoms with E-state index in [2.05, 4.69) is 18.3 Å². The Morgan fingerprint density at radius 2 is 1.96 bits per heavy atom. The Balaban J connectivity index is 2.13. The van der Waals surface area contributed by atoms with Gasteiger partial charge in [-0.1, -0.05) is 38.3 Å². The van der Waals surface area contributed by atoms with Gasteiger partial charge < -0.3 is 10.1 Å². The number of Topliss-reactive ketones (excluding diaryl/α,β-unsaturated/α-hetero) is 1. The molecule has 0 radical (unpaired) electrons. The lowest BCUT2D eigenvalue weighted by Gasteiger charge is -2.38. The number of carbonyl (C=O) groups excluding carboxylic acids is 2. The summed E-state index contributed by atoms with van der Waals surface area (Å²) < 4.78 is 5.24. The Labute approximate surface area is 145 Å². The number of rotatable bonds is 8. The summed E-state index contributed by atoms with van der Waals surface area (Å²) in [5.41, 5.74) is 0.931. The van der Waals surface area contributed by atoms with Crippen LogP contribution < -0.4 is 10.1 Å². The highest BCUT2D eigenvalue weighted by molar-refractivity contribution is 5.79. The van der Waals surface area contributed by atoms with Gasteiger partial charge in [0.05, 0.1) is 0 Å². The molecule has 0 aromatic heterocycles. The van der Waals surface area contributed by atoms with Gasteiger partial charge in [0.15, 0.2) is 0 Å². The number of unbranched alkanes of at least 4 members (excludes halogenated alkanes) is 3. The van der Waals surface area contributed by atoms with Crippen LogP contribution in [-0.2, 0) is 15.1 Å². The Hall–Kier alpha value is -1.68. The van der Waals surface area contributed by atoms with E-state index in [1.54, 1.807) is 6.07 Å². The molecule has 1 aromatic carbocycles. The molecule has 1 N–H and O–H groups in total. The highest BCUT2D eigenvalue weighted by atomic mass is 16.5. The summed E-state index contributed by atoms with van der Waals surface area (Å²) in [7, 11) is 0. The first kappa shape index (κ1) is 18.7. The molecule has 2 rings (SSSR count). The fraction of sp³-hybridized carbons (Fsp3) is 0.600. The smallest absolute Gasteiger partial charge is 0.308 e. The monoisotopic (exact) mass is 331 g/mol. The minimum atomic E-state index is -0.312. The van der Waals surface area contributed by atoms with Crippen molar-refractivity contribution in [2.24, 2.45) is 0 Å². The Morgan fingerprint density at radius 3 is 2.62 bits per heavy atom. The number of benzene rings is 1. The van der Waals surface area contributed by atoms with Crippen LogP contribution in [0, 0.1) is 0 Å². The first-order valence-electron chi connectivity index (χ1n) is 9.11. The Morgan fingerprint density at radius 1 is 1.21 bits per heavy atom. The summed E-state index contributed by atoms with van der Waals surface area (Å²) in [6.45, 7) is 4.57. The van der Waals surface area contributed by atoms with Crippen molar-refractivity contribution in [2.75, 3.05) is 6.54 Å². The van der Waals surface area contributed by atoms with Crippen molar-refractivity contribution in [1.29, 1.82) is 0 Å². The predicted octanol–water partition coefficient (Wildman–Crippen LogP) is 4.12. The third-order valence-electron chi connectivity index (χ3n) is 4.80. The van der Waals surface area contributed by atoms with Gasteiger partial charge in [-0.25, -0.2) is 0 Å². The molecule has 1 aliphatic carbocycles. The molecule has 0 atom stereocenters. The average molecular weight is 331 g/mol. The largest absolute Gasteiger partial charge is 0.427 e. The maximum Gasteiger partial charge on any atom is 0.308 e. The normalized spacial score (nSPS) is 16.8. The standard InChI is InChI=1S/C20H29NO3/c1-3-4-5-6-14-21-20(12-10-18(23)11-13-20)17-8-7-9-19(15-17)24-16(2)22/h7-9,15,21H,3-6,10-14H2,1-2H3. The Bertz CT molecular complexity index is 558. The molecule has 0 unspecified atom stereocenters. The van der Waals surface area contributed by atoms with Crippen molar-refractivity contribution >= 4 is 11.8 Å². The molecule has 0 spiro atoms. The van der Waals surface area contributed by atoms with Gasteiger partial charge in [-0.3, -0.25) is 9.59 Å². The SMILES string of the molecule is CCCCCCNC1(c2cccc(OC(C)=O)c2)CCC(=O)CC1. The first-order chi connectivity index (χ1) is 11.6. The molecule has 1 fully saturated rings. The third kappa shape index (κ3) is 5.17. The molecule has 0 aliphatic heterocycles. The zero-order chi connectivity index (χ0) is 17.4. The topological polar surface area (TPSA) is 55.4 Å². The predicted molar refractivity (Wildman–Crippen MR) is 95.0 cm³/mol. The number of esters is 1. The first-order valence-corrected chi connectivity index (χ1v) is 9.11. The molecule has 1 aliphatic rings. The maximum atomic E-state index is 11.7. The van der Waals surface area contributed by atoms with E-state index in [-0.39, 0.29) is 11.5 Å². The zero-order valence-corrected chi connectivity index (χ0v) is 14.9. The van der Waals surface area contributed by atoms with Crippen molar-refractivity contribution in [3.63, 3.8) is 0 Å². The third-order valence-corrected chi connectivity index (χ3v) is 4.80. The second-order valence-electron chi connectivity index (χ2n) is 6.73. The molecule has 0 amide bonds. The van der Waals surface area contributed by atoms with Crippen LogP contribution in [0.25, 0.3) is 0 Å². The van der Waals surface area contributed by atoms with Gasteiger partial charge in [0, 0.05) is 25.3 Å². The fourth-order valence-corrected chi connectivity index (χ4v) is 3.43. The van der Waals surface area contributed by atoms with Gasteiger partial charge in [0.25, 0.3) is 0 Å². The summed E-state index contributed by atoms with van der Waals surface area (Å²) in [4.78, 5) is 22.9. The highest BCUT2D eigenvalue weighted by Crippen LogP contribution is 2.37. The van der Waals surface area contributed by atoms with E-state index in [4.69, 9.17) is 4.74 Å². The minimum Gasteiger partial charge on any atom is -0.427 e. The van der Waals surface area contributed by atoms with Crippen LogP contribution in [0.1, 0.15) is 70.8 Å². The van der Waals surface area contributed by atoms with Crippen LogP contribution >= 0.6 is 0 Å². The number of nitrogens with one attached hydrogen (secondary N) is 1. The van der Waals surface area contributed by atoms with Gasteiger partial charge >= 0.3 is 5.97 Å². The molecule has 1 saturated carbocycles. The average Bonchev–Trinajstić information content (AvgIpc) is 2.56. The van der Waals surface area contributed by atoms with Crippen molar-refractivity contribution in [1.82, 2.24) is 5.32 Å². The maximum absolute atomic E-state index is 11.7. The molecule has 132 valence electrons. The Kier molecular flexibility index (Phi) is 6.98. The van der Waals surface area contributed by atoms with Crippen LogP contribution in [-0.4, -0.2) is 18.3 Å².